The van der Waals surface area contributed by atoms with Crippen LogP contribution in [0.1, 0.15) is 15.9 Å². The first-order valence-corrected chi connectivity index (χ1v) is 6.66. The molecule has 1 aliphatic heterocycles. The van der Waals surface area contributed by atoms with E-state index in [0.717, 1.165) is 29.6 Å². The first kappa shape index (κ1) is 11.2. The van der Waals surface area contributed by atoms with Crippen molar-refractivity contribution in [2.24, 2.45) is 0 Å². The third kappa shape index (κ3) is 1.61. The fourth-order valence-electron chi connectivity index (χ4n) is 2.78. The van der Waals surface area contributed by atoms with Gasteiger partial charge in [-0.15, -0.1) is 0 Å². The Morgan fingerprint density at radius 2 is 2.10 bits per heavy atom. The van der Waals surface area contributed by atoms with Gasteiger partial charge in [-0.25, -0.2) is 0 Å². The first-order valence-electron chi connectivity index (χ1n) is 6.66. The van der Waals surface area contributed by atoms with Crippen LogP contribution in [-0.4, -0.2) is 22.6 Å². The molecule has 4 rings (SSSR count). The van der Waals surface area contributed by atoms with Crippen LogP contribution in [0.15, 0.2) is 48.7 Å². The van der Waals surface area contributed by atoms with E-state index >= 15 is 0 Å². The minimum absolute atomic E-state index is 0.0538. The lowest BCUT2D eigenvalue weighted by Crippen LogP contribution is -2.28. The maximum absolute atomic E-state index is 12.7. The minimum atomic E-state index is 0.0538. The Balaban J connectivity index is 1.74. The Morgan fingerprint density at radius 1 is 1.20 bits per heavy atom. The van der Waals surface area contributed by atoms with Gasteiger partial charge >= 0.3 is 0 Å². The number of fused-ring (bicyclic) bond motifs is 2. The van der Waals surface area contributed by atoms with Crippen LogP contribution in [0.25, 0.3) is 10.9 Å². The van der Waals surface area contributed by atoms with E-state index in [4.69, 9.17) is 0 Å². The molecule has 0 saturated heterocycles. The Bertz CT molecular complexity index is 806. The number of amides is 1. The van der Waals surface area contributed by atoms with Gasteiger partial charge in [-0.2, -0.15) is 5.10 Å². The molecule has 0 atom stereocenters. The van der Waals surface area contributed by atoms with E-state index < -0.39 is 0 Å². The van der Waals surface area contributed by atoms with Crippen LogP contribution in [0.4, 0.5) is 5.69 Å². The summed E-state index contributed by atoms with van der Waals surface area (Å²) in [6, 6.07) is 13.7. The Hall–Kier alpha value is -2.62. The number of rotatable bonds is 1. The molecule has 1 aromatic heterocycles. The summed E-state index contributed by atoms with van der Waals surface area (Å²) in [5.74, 6) is 0.0538. The number of aromatic amines is 1. The van der Waals surface area contributed by atoms with Gasteiger partial charge in [0.2, 0.25) is 0 Å². The van der Waals surface area contributed by atoms with E-state index in [1.807, 2.05) is 41.3 Å². The fraction of sp³-hybridized carbons (Fsp3) is 0.125. The minimum Gasteiger partial charge on any atom is -0.308 e. The van der Waals surface area contributed by atoms with Crippen LogP contribution >= 0.6 is 0 Å². The second-order valence-corrected chi connectivity index (χ2v) is 5.01. The highest BCUT2D eigenvalue weighted by atomic mass is 16.2. The van der Waals surface area contributed by atoms with E-state index in [2.05, 4.69) is 16.3 Å². The maximum atomic E-state index is 12.7. The average molecular weight is 263 g/mol. The number of aromatic nitrogens is 2. The molecule has 98 valence electrons. The molecule has 0 fully saturated rings. The molecule has 2 aromatic carbocycles. The molecular weight excluding hydrogens is 250 g/mol. The maximum Gasteiger partial charge on any atom is 0.258 e. The first-order chi connectivity index (χ1) is 9.83. The summed E-state index contributed by atoms with van der Waals surface area (Å²) in [6.45, 7) is 0.752. The van der Waals surface area contributed by atoms with Crippen molar-refractivity contribution in [3.63, 3.8) is 0 Å². The standard InChI is InChI=1S/C16H13N3O/c20-16(12-5-6-14-13(9-12)10-17-18-14)19-8-7-11-3-1-2-4-15(11)19/h1-6,9-10H,7-8H2,(H,17,18). The molecule has 0 aliphatic carbocycles. The normalized spacial score (nSPS) is 13.7. The number of nitrogens with zero attached hydrogens (tertiary/aromatic N) is 2. The molecule has 0 spiro atoms. The van der Waals surface area contributed by atoms with Crippen molar-refractivity contribution in [1.82, 2.24) is 10.2 Å². The molecule has 1 N–H and O–H groups in total. The van der Waals surface area contributed by atoms with Crippen molar-refractivity contribution in [2.75, 3.05) is 11.4 Å². The number of benzene rings is 2. The van der Waals surface area contributed by atoms with Gasteiger partial charge < -0.3 is 4.90 Å². The summed E-state index contributed by atoms with van der Waals surface area (Å²) >= 11 is 0. The summed E-state index contributed by atoms with van der Waals surface area (Å²) in [4.78, 5) is 14.5. The van der Waals surface area contributed by atoms with Crippen LogP contribution in [0.5, 0.6) is 0 Å². The predicted octanol–water partition coefficient (Wildman–Crippen LogP) is 2.77. The number of hydrogen-bond acceptors (Lipinski definition) is 2. The molecule has 0 unspecified atom stereocenters. The van der Waals surface area contributed by atoms with Gasteiger partial charge in [0.25, 0.3) is 5.91 Å². The second-order valence-electron chi connectivity index (χ2n) is 5.01. The molecule has 4 heteroatoms. The van der Waals surface area contributed by atoms with Crippen molar-refractivity contribution in [3.05, 3.63) is 59.8 Å². The number of carbonyl (C=O) groups excluding carboxylic acids is 1. The Labute approximate surface area is 116 Å². The molecule has 0 bridgehead atoms. The Kier molecular flexibility index (Phi) is 2.36. The monoisotopic (exact) mass is 263 g/mol. The highest BCUT2D eigenvalue weighted by molar-refractivity contribution is 6.08. The quantitative estimate of drug-likeness (QED) is 0.734. The molecule has 4 nitrogen and oxygen atoms in total. The van der Waals surface area contributed by atoms with E-state index in [-0.39, 0.29) is 5.91 Å². The molecule has 2 heterocycles. The second kappa shape index (κ2) is 4.20. The smallest absolute Gasteiger partial charge is 0.258 e. The molecule has 20 heavy (non-hydrogen) atoms. The van der Waals surface area contributed by atoms with Crippen molar-refractivity contribution < 1.29 is 4.79 Å². The lowest BCUT2D eigenvalue weighted by atomic mass is 10.1. The molecular formula is C16H13N3O. The average Bonchev–Trinajstić information content (AvgIpc) is 3.12. The van der Waals surface area contributed by atoms with Gasteiger partial charge in [0.05, 0.1) is 11.7 Å². The largest absolute Gasteiger partial charge is 0.308 e. The van der Waals surface area contributed by atoms with Crippen LogP contribution in [-0.2, 0) is 6.42 Å². The zero-order valence-corrected chi connectivity index (χ0v) is 10.8. The van der Waals surface area contributed by atoms with E-state index in [9.17, 15) is 4.79 Å². The summed E-state index contributed by atoms with van der Waals surface area (Å²) in [5, 5.41) is 7.84. The van der Waals surface area contributed by atoms with Gasteiger partial charge in [0.15, 0.2) is 0 Å². The number of para-hydroxylation sites is 1. The highest BCUT2D eigenvalue weighted by Gasteiger charge is 2.25. The molecule has 1 aliphatic rings. The van der Waals surface area contributed by atoms with Crippen LogP contribution < -0.4 is 4.90 Å². The van der Waals surface area contributed by atoms with Crippen molar-refractivity contribution in [1.29, 1.82) is 0 Å². The zero-order valence-electron chi connectivity index (χ0n) is 10.8. The van der Waals surface area contributed by atoms with E-state index in [1.165, 1.54) is 5.56 Å². The lowest BCUT2D eigenvalue weighted by molar-refractivity contribution is 0.0989. The molecule has 0 radical (unpaired) electrons. The number of anilines is 1. The third-order valence-corrected chi connectivity index (χ3v) is 3.82. The number of carbonyl (C=O) groups is 1. The van der Waals surface area contributed by atoms with Gasteiger partial charge in [0.1, 0.15) is 0 Å². The number of H-pyrrole nitrogens is 1. The fourth-order valence-corrected chi connectivity index (χ4v) is 2.78. The van der Waals surface area contributed by atoms with Crippen LogP contribution in [0.2, 0.25) is 0 Å². The number of hydrogen-bond donors (Lipinski definition) is 1. The van der Waals surface area contributed by atoms with Crippen LogP contribution in [0.3, 0.4) is 0 Å². The van der Waals surface area contributed by atoms with Crippen molar-refractivity contribution in [3.8, 4) is 0 Å². The third-order valence-electron chi connectivity index (χ3n) is 3.82. The molecule has 3 aromatic rings. The molecule has 0 saturated carbocycles. The SMILES string of the molecule is O=C(c1ccc2[nH]ncc2c1)N1CCc2ccccc21. The zero-order chi connectivity index (χ0) is 13.5. The predicted molar refractivity (Wildman–Crippen MR) is 77.9 cm³/mol. The molecule has 1 amide bonds. The van der Waals surface area contributed by atoms with E-state index in [0.29, 0.717) is 5.56 Å². The van der Waals surface area contributed by atoms with Crippen molar-refractivity contribution in [2.45, 2.75) is 6.42 Å². The van der Waals surface area contributed by atoms with Gasteiger partial charge in [-0.1, -0.05) is 18.2 Å². The lowest BCUT2D eigenvalue weighted by Gasteiger charge is -2.17. The number of nitrogens with one attached hydrogen (secondary N) is 1. The van der Waals surface area contributed by atoms with Gasteiger partial charge in [0, 0.05) is 23.2 Å². The summed E-state index contributed by atoms with van der Waals surface area (Å²) in [5.41, 5.74) is 3.93. The van der Waals surface area contributed by atoms with E-state index in [1.54, 1.807) is 6.20 Å². The summed E-state index contributed by atoms with van der Waals surface area (Å²) in [7, 11) is 0. The van der Waals surface area contributed by atoms with Gasteiger partial charge in [-0.05, 0) is 36.2 Å². The highest BCUT2D eigenvalue weighted by Crippen LogP contribution is 2.29. The van der Waals surface area contributed by atoms with Crippen molar-refractivity contribution >= 4 is 22.5 Å². The van der Waals surface area contributed by atoms with Gasteiger partial charge in [-0.3, -0.25) is 9.89 Å². The topological polar surface area (TPSA) is 49.0 Å². The Morgan fingerprint density at radius 3 is 3.05 bits per heavy atom. The summed E-state index contributed by atoms with van der Waals surface area (Å²) in [6.07, 6.45) is 2.67. The summed E-state index contributed by atoms with van der Waals surface area (Å²) < 4.78 is 0. The van der Waals surface area contributed by atoms with Crippen LogP contribution in [0, 0.1) is 0 Å².